The van der Waals surface area contributed by atoms with Crippen LogP contribution >= 0.6 is 0 Å². The first-order valence-electron chi connectivity index (χ1n) is 9.60. The van der Waals surface area contributed by atoms with Gasteiger partial charge in [0.1, 0.15) is 16.9 Å². The van der Waals surface area contributed by atoms with E-state index in [0.29, 0.717) is 35.8 Å². The number of amides is 1. The predicted molar refractivity (Wildman–Crippen MR) is 104 cm³/mol. The minimum atomic E-state index is -0.824. The van der Waals surface area contributed by atoms with Crippen LogP contribution in [0, 0.1) is 5.92 Å². The summed E-state index contributed by atoms with van der Waals surface area (Å²) < 4.78 is 16.3. The van der Waals surface area contributed by atoms with E-state index in [4.69, 9.17) is 14.2 Å². The topological polar surface area (TPSA) is 73.9 Å². The monoisotopic (exact) mass is 377 g/mol. The Hall–Kier alpha value is -2.08. The number of carbonyl (C=O) groups is 2. The molecule has 0 bridgehead atoms. The molecule has 0 heterocycles. The van der Waals surface area contributed by atoms with Crippen LogP contribution in [-0.2, 0) is 14.3 Å². The summed E-state index contributed by atoms with van der Waals surface area (Å²) >= 11 is 0. The number of hydrogen-bond donors (Lipinski definition) is 1. The molecule has 2 rings (SSSR count). The van der Waals surface area contributed by atoms with Gasteiger partial charge < -0.3 is 19.5 Å². The predicted octanol–water partition coefficient (Wildman–Crippen LogP) is 4.18. The number of benzene rings is 1. The molecule has 1 aromatic rings. The van der Waals surface area contributed by atoms with Gasteiger partial charge in [-0.2, -0.15) is 0 Å². The van der Waals surface area contributed by atoms with Gasteiger partial charge in [0.25, 0.3) is 5.91 Å². The van der Waals surface area contributed by atoms with Crippen LogP contribution in [0.4, 0.5) is 5.69 Å². The number of nitrogens with one attached hydrogen (secondary N) is 1. The molecule has 0 unspecified atom stereocenters. The van der Waals surface area contributed by atoms with E-state index >= 15 is 0 Å². The molecule has 1 amide bonds. The second kappa shape index (κ2) is 9.22. The Morgan fingerprint density at radius 2 is 2.07 bits per heavy atom. The highest BCUT2D eigenvalue weighted by Crippen LogP contribution is 2.36. The van der Waals surface area contributed by atoms with Crippen LogP contribution in [0.2, 0.25) is 0 Å². The van der Waals surface area contributed by atoms with Crippen molar-refractivity contribution in [3.63, 3.8) is 0 Å². The zero-order valence-electron chi connectivity index (χ0n) is 17.0. The third-order valence-electron chi connectivity index (χ3n) is 5.31. The summed E-state index contributed by atoms with van der Waals surface area (Å²) in [4.78, 5) is 25.1. The number of ether oxygens (including phenoxy) is 3. The van der Waals surface area contributed by atoms with E-state index < -0.39 is 11.6 Å². The first-order valence-corrected chi connectivity index (χ1v) is 9.60. The van der Waals surface area contributed by atoms with Gasteiger partial charge in [0.05, 0.1) is 13.2 Å². The summed E-state index contributed by atoms with van der Waals surface area (Å²) in [6, 6.07) is 5.02. The molecule has 0 aliphatic heterocycles. The SMILES string of the molecule is CC[C@@H](C)Oc1ccc(NC(=O)[C@@]2(OC)CCC[C@@H](C)C2)cc1C(=O)OC. The Balaban J connectivity index is 2.25. The zero-order valence-corrected chi connectivity index (χ0v) is 17.0. The van der Waals surface area contributed by atoms with Gasteiger partial charge in [0.15, 0.2) is 0 Å². The molecule has 0 radical (unpaired) electrons. The van der Waals surface area contributed by atoms with Crippen molar-refractivity contribution in [1.29, 1.82) is 0 Å². The van der Waals surface area contributed by atoms with Crippen LogP contribution in [0.25, 0.3) is 0 Å². The fourth-order valence-electron chi connectivity index (χ4n) is 3.51. The van der Waals surface area contributed by atoms with Gasteiger partial charge in [0.2, 0.25) is 0 Å². The highest BCUT2D eigenvalue weighted by Gasteiger charge is 2.42. The Kier molecular flexibility index (Phi) is 7.25. The summed E-state index contributed by atoms with van der Waals surface area (Å²) in [5.41, 5.74) is -0.0136. The molecule has 1 saturated carbocycles. The maximum atomic E-state index is 12.9. The van der Waals surface area contributed by atoms with Crippen molar-refractivity contribution in [3.8, 4) is 5.75 Å². The molecular weight excluding hydrogens is 346 g/mol. The van der Waals surface area contributed by atoms with E-state index in [0.717, 1.165) is 19.3 Å². The van der Waals surface area contributed by atoms with Gasteiger partial charge in [-0.15, -0.1) is 0 Å². The Bertz CT molecular complexity index is 675. The summed E-state index contributed by atoms with van der Waals surface area (Å²) in [5.74, 6) is 0.198. The number of carbonyl (C=O) groups excluding carboxylic acids is 2. The lowest BCUT2D eigenvalue weighted by atomic mass is 9.78. The van der Waals surface area contributed by atoms with Gasteiger partial charge in [-0.25, -0.2) is 4.79 Å². The largest absolute Gasteiger partial charge is 0.490 e. The molecule has 3 atom stereocenters. The quantitative estimate of drug-likeness (QED) is 0.722. The Labute approximate surface area is 161 Å². The van der Waals surface area contributed by atoms with Crippen molar-refractivity contribution in [3.05, 3.63) is 23.8 Å². The number of esters is 1. The van der Waals surface area contributed by atoms with Crippen molar-refractivity contribution in [1.82, 2.24) is 0 Å². The van der Waals surface area contributed by atoms with E-state index in [1.165, 1.54) is 7.11 Å². The minimum absolute atomic E-state index is 0.0330. The minimum Gasteiger partial charge on any atom is -0.490 e. The molecule has 6 nitrogen and oxygen atoms in total. The van der Waals surface area contributed by atoms with Gasteiger partial charge in [0, 0.05) is 12.8 Å². The number of anilines is 1. The molecule has 1 aliphatic rings. The highest BCUT2D eigenvalue weighted by atomic mass is 16.5. The Morgan fingerprint density at radius 1 is 1.33 bits per heavy atom. The van der Waals surface area contributed by atoms with Crippen molar-refractivity contribution in [2.75, 3.05) is 19.5 Å². The van der Waals surface area contributed by atoms with E-state index in [1.807, 2.05) is 13.8 Å². The lowest BCUT2D eigenvalue weighted by Crippen LogP contribution is -2.47. The molecule has 1 aromatic carbocycles. The fraction of sp³-hybridized carbons (Fsp3) is 0.619. The maximum Gasteiger partial charge on any atom is 0.341 e. The van der Waals surface area contributed by atoms with Crippen molar-refractivity contribution in [2.24, 2.45) is 5.92 Å². The maximum absolute atomic E-state index is 12.9. The van der Waals surface area contributed by atoms with Gasteiger partial charge in [-0.1, -0.05) is 20.3 Å². The molecule has 6 heteroatoms. The van der Waals surface area contributed by atoms with Gasteiger partial charge >= 0.3 is 5.97 Å². The first-order chi connectivity index (χ1) is 12.8. The average molecular weight is 377 g/mol. The van der Waals surface area contributed by atoms with E-state index in [2.05, 4.69) is 12.2 Å². The zero-order chi connectivity index (χ0) is 20.0. The third kappa shape index (κ3) is 5.01. The normalized spacial score (nSPS) is 23.4. The summed E-state index contributed by atoms with van der Waals surface area (Å²) in [6.45, 7) is 6.08. The molecule has 27 heavy (non-hydrogen) atoms. The molecule has 1 fully saturated rings. The number of hydrogen-bond acceptors (Lipinski definition) is 5. The summed E-state index contributed by atoms with van der Waals surface area (Å²) in [7, 11) is 2.91. The molecule has 0 aromatic heterocycles. The van der Waals surface area contributed by atoms with Crippen LogP contribution in [0.3, 0.4) is 0 Å². The van der Waals surface area contributed by atoms with Crippen LogP contribution in [0.5, 0.6) is 5.75 Å². The van der Waals surface area contributed by atoms with Crippen LogP contribution in [-0.4, -0.2) is 37.8 Å². The lowest BCUT2D eigenvalue weighted by Gasteiger charge is -2.37. The van der Waals surface area contributed by atoms with Gasteiger partial charge in [-0.3, -0.25) is 4.79 Å². The molecule has 0 saturated heterocycles. The van der Waals surface area contributed by atoms with E-state index in [9.17, 15) is 9.59 Å². The third-order valence-corrected chi connectivity index (χ3v) is 5.31. The van der Waals surface area contributed by atoms with Crippen LogP contribution < -0.4 is 10.1 Å². The van der Waals surface area contributed by atoms with Crippen molar-refractivity contribution < 1.29 is 23.8 Å². The van der Waals surface area contributed by atoms with Crippen LogP contribution in [0.1, 0.15) is 63.2 Å². The standard InChI is InChI=1S/C21H31NO5/c1-6-15(3)27-18-10-9-16(12-17(18)19(23)25-4)22-20(24)21(26-5)11-7-8-14(2)13-21/h9-10,12,14-15H,6-8,11,13H2,1-5H3,(H,22,24)/t14-,15-,21-/m1/s1. The second-order valence-electron chi connectivity index (χ2n) is 7.39. The van der Waals surface area contributed by atoms with Gasteiger partial charge in [-0.05, 0) is 56.7 Å². The molecule has 1 N–H and O–H groups in total. The highest BCUT2D eigenvalue weighted by molar-refractivity contribution is 5.99. The first kappa shape index (κ1) is 21.2. The smallest absolute Gasteiger partial charge is 0.341 e. The van der Waals surface area contributed by atoms with E-state index in [-0.39, 0.29) is 12.0 Å². The Morgan fingerprint density at radius 3 is 2.67 bits per heavy atom. The van der Waals surface area contributed by atoms with Crippen molar-refractivity contribution in [2.45, 2.75) is 64.6 Å². The molecular formula is C21H31NO5. The van der Waals surface area contributed by atoms with Crippen LogP contribution in [0.15, 0.2) is 18.2 Å². The lowest BCUT2D eigenvalue weighted by molar-refractivity contribution is -0.143. The molecule has 1 aliphatic carbocycles. The summed E-state index contributed by atoms with van der Waals surface area (Å²) in [5, 5.41) is 2.91. The fourth-order valence-corrected chi connectivity index (χ4v) is 3.51. The van der Waals surface area contributed by atoms with Crippen molar-refractivity contribution >= 4 is 17.6 Å². The number of methoxy groups -OCH3 is 2. The van der Waals surface area contributed by atoms with E-state index in [1.54, 1.807) is 25.3 Å². The molecule has 150 valence electrons. The second-order valence-corrected chi connectivity index (χ2v) is 7.39. The summed E-state index contributed by atoms with van der Waals surface area (Å²) in [6.07, 6.45) is 4.22. The average Bonchev–Trinajstić information content (AvgIpc) is 2.68. The number of rotatable bonds is 7. The molecule has 0 spiro atoms.